The van der Waals surface area contributed by atoms with Gasteiger partial charge in [0, 0.05) is 24.0 Å². The van der Waals surface area contributed by atoms with Crippen molar-refractivity contribution in [2.75, 3.05) is 6.26 Å². The Morgan fingerprint density at radius 1 is 1.13 bits per heavy atom. The summed E-state index contributed by atoms with van der Waals surface area (Å²) < 4.78 is 38.3. The lowest BCUT2D eigenvalue weighted by atomic mass is 10.1. The zero-order chi connectivity index (χ0) is 22.2. The molecule has 158 valence electrons. The van der Waals surface area contributed by atoms with Gasteiger partial charge >= 0.3 is 0 Å². The Labute approximate surface area is 177 Å². The molecule has 3 aromatic heterocycles. The standard InChI is InChI=1S/C21H18FN5O3S/c1-13(14-7-8-24-20(9-14)31(2,29)30)26-21(28)18-10-23-12-19-17(18)11-25-27(19)16-5-3-15(22)4-6-16/h3-13H,1-2H3,(H,26,28)/t13-/m0/s1. The third-order valence-electron chi connectivity index (χ3n) is 4.80. The van der Waals surface area contributed by atoms with E-state index in [1.165, 1.54) is 30.6 Å². The summed E-state index contributed by atoms with van der Waals surface area (Å²) >= 11 is 0. The number of carbonyl (C=O) groups is 1. The van der Waals surface area contributed by atoms with Gasteiger partial charge in [-0.15, -0.1) is 0 Å². The van der Waals surface area contributed by atoms with Crippen LogP contribution in [0.3, 0.4) is 0 Å². The molecule has 1 atom stereocenters. The summed E-state index contributed by atoms with van der Waals surface area (Å²) in [7, 11) is -3.46. The summed E-state index contributed by atoms with van der Waals surface area (Å²) in [4.78, 5) is 21.0. The highest BCUT2D eigenvalue weighted by molar-refractivity contribution is 7.90. The molecule has 0 aliphatic heterocycles. The van der Waals surface area contributed by atoms with Gasteiger partial charge < -0.3 is 5.32 Å². The molecule has 0 aliphatic rings. The van der Waals surface area contributed by atoms with Gasteiger partial charge in [0.25, 0.3) is 5.91 Å². The lowest BCUT2D eigenvalue weighted by molar-refractivity contribution is 0.0941. The quantitative estimate of drug-likeness (QED) is 0.512. The number of benzene rings is 1. The van der Waals surface area contributed by atoms with Crippen LogP contribution in [-0.4, -0.2) is 40.3 Å². The Morgan fingerprint density at radius 2 is 1.87 bits per heavy atom. The molecule has 31 heavy (non-hydrogen) atoms. The van der Waals surface area contributed by atoms with Crippen LogP contribution in [0, 0.1) is 5.82 Å². The molecule has 0 saturated carbocycles. The van der Waals surface area contributed by atoms with Crippen LogP contribution in [0.25, 0.3) is 16.6 Å². The molecule has 0 spiro atoms. The van der Waals surface area contributed by atoms with Crippen molar-refractivity contribution in [1.29, 1.82) is 0 Å². The first-order chi connectivity index (χ1) is 14.7. The average Bonchev–Trinajstić information content (AvgIpc) is 3.18. The van der Waals surface area contributed by atoms with E-state index >= 15 is 0 Å². The van der Waals surface area contributed by atoms with E-state index in [-0.39, 0.29) is 16.8 Å². The first-order valence-corrected chi connectivity index (χ1v) is 11.2. The maximum absolute atomic E-state index is 13.2. The molecule has 0 radical (unpaired) electrons. The third-order valence-corrected chi connectivity index (χ3v) is 5.78. The van der Waals surface area contributed by atoms with Gasteiger partial charge in [-0.25, -0.2) is 22.5 Å². The van der Waals surface area contributed by atoms with Crippen LogP contribution in [0.1, 0.15) is 28.9 Å². The molecule has 1 N–H and O–H groups in total. The van der Waals surface area contributed by atoms with Gasteiger partial charge in [-0.05, 0) is 48.9 Å². The number of hydrogen-bond acceptors (Lipinski definition) is 6. The Kier molecular flexibility index (Phi) is 5.24. The summed E-state index contributed by atoms with van der Waals surface area (Å²) in [5.41, 5.74) is 2.14. The number of nitrogens with zero attached hydrogens (tertiary/aromatic N) is 4. The van der Waals surface area contributed by atoms with E-state index in [4.69, 9.17) is 0 Å². The van der Waals surface area contributed by atoms with E-state index in [2.05, 4.69) is 20.4 Å². The van der Waals surface area contributed by atoms with Gasteiger partial charge in [0.2, 0.25) is 0 Å². The number of aromatic nitrogens is 4. The summed E-state index contributed by atoms with van der Waals surface area (Å²) in [5, 5.41) is 7.68. The maximum Gasteiger partial charge on any atom is 0.254 e. The lowest BCUT2D eigenvalue weighted by Crippen LogP contribution is -2.27. The summed E-state index contributed by atoms with van der Waals surface area (Å²) in [6, 6.07) is 8.43. The molecule has 0 saturated heterocycles. The van der Waals surface area contributed by atoms with Crippen LogP contribution in [0.2, 0.25) is 0 Å². The molecule has 1 amide bonds. The lowest BCUT2D eigenvalue weighted by Gasteiger charge is -2.15. The topological polar surface area (TPSA) is 107 Å². The Bertz CT molecular complexity index is 1380. The molecule has 0 aliphatic carbocycles. The van der Waals surface area contributed by atoms with E-state index in [1.807, 2.05) is 0 Å². The molecule has 8 nitrogen and oxygen atoms in total. The van der Waals surface area contributed by atoms with Gasteiger partial charge in [0.1, 0.15) is 5.82 Å². The van der Waals surface area contributed by atoms with Crippen LogP contribution in [0.4, 0.5) is 4.39 Å². The Balaban J connectivity index is 1.63. The van der Waals surface area contributed by atoms with Crippen LogP contribution in [0.5, 0.6) is 0 Å². The second kappa shape index (κ2) is 7.88. The van der Waals surface area contributed by atoms with Gasteiger partial charge in [0.05, 0.1) is 35.2 Å². The van der Waals surface area contributed by atoms with Gasteiger partial charge in [0.15, 0.2) is 14.9 Å². The fraction of sp³-hybridized carbons (Fsp3) is 0.143. The number of amides is 1. The second-order valence-electron chi connectivity index (χ2n) is 7.05. The summed E-state index contributed by atoms with van der Waals surface area (Å²) in [5.74, 6) is -0.746. The van der Waals surface area contributed by atoms with Crippen molar-refractivity contribution >= 4 is 26.6 Å². The molecule has 10 heteroatoms. The van der Waals surface area contributed by atoms with E-state index in [0.29, 0.717) is 27.7 Å². The van der Waals surface area contributed by atoms with E-state index < -0.39 is 15.9 Å². The van der Waals surface area contributed by atoms with Gasteiger partial charge in [-0.3, -0.25) is 9.78 Å². The van der Waals surface area contributed by atoms with Crippen LogP contribution >= 0.6 is 0 Å². The highest BCUT2D eigenvalue weighted by Gasteiger charge is 2.18. The first-order valence-electron chi connectivity index (χ1n) is 9.28. The fourth-order valence-electron chi connectivity index (χ4n) is 3.17. The van der Waals surface area contributed by atoms with E-state index in [0.717, 1.165) is 6.26 Å². The van der Waals surface area contributed by atoms with Crippen molar-refractivity contribution in [3.63, 3.8) is 0 Å². The van der Waals surface area contributed by atoms with Crippen LogP contribution in [-0.2, 0) is 9.84 Å². The second-order valence-corrected chi connectivity index (χ2v) is 9.01. The molecule has 3 heterocycles. The van der Waals surface area contributed by atoms with Gasteiger partial charge in [-0.2, -0.15) is 5.10 Å². The van der Waals surface area contributed by atoms with Crippen LogP contribution in [0.15, 0.2) is 66.2 Å². The molecular formula is C21H18FN5O3S. The zero-order valence-corrected chi connectivity index (χ0v) is 17.5. The molecular weight excluding hydrogens is 421 g/mol. The predicted octanol–water partition coefficient (Wildman–Crippen LogP) is 2.85. The smallest absolute Gasteiger partial charge is 0.254 e. The van der Waals surface area contributed by atoms with Crippen LogP contribution < -0.4 is 5.32 Å². The van der Waals surface area contributed by atoms with Gasteiger partial charge in [-0.1, -0.05) is 0 Å². The minimum absolute atomic E-state index is 0.0598. The number of pyridine rings is 2. The minimum atomic E-state index is -3.46. The van der Waals surface area contributed by atoms with E-state index in [9.17, 15) is 17.6 Å². The fourth-order valence-corrected chi connectivity index (χ4v) is 3.77. The molecule has 4 rings (SSSR count). The SMILES string of the molecule is C[C@H](NC(=O)c1cncc2c1cnn2-c1ccc(F)cc1)c1ccnc(S(C)(=O)=O)c1. The number of carbonyl (C=O) groups excluding carboxylic acids is 1. The summed E-state index contributed by atoms with van der Waals surface area (Å²) in [6.07, 6.45) is 7.04. The number of rotatable bonds is 5. The van der Waals surface area contributed by atoms with E-state index in [1.54, 1.807) is 42.2 Å². The largest absolute Gasteiger partial charge is 0.345 e. The normalized spacial score (nSPS) is 12.6. The first kappa shape index (κ1) is 20.6. The molecule has 4 aromatic rings. The molecule has 0 bridgehead atoms. The van der Waals surface area contributed by atoms with Crippen molar-refractivity contribution in [2.24, 2.45) is 0 Å². The average molecular weight is 439 g/mol. The third kappa shape index (κ3) is 4.15. The number of sulfone groups is 1. The minimum Gasteiger partial charge on any atom is -0.345 e. The number of nitrogens with one attached hydrogen (secondary N) is 1. The Morgan fingerprint density at radius 3 is 2.58 bits per heavy atom. The highest BCUT2D eigenvalue weighted by Crippen LogP contribution is 2.22. The van der Waals surface area contributed by atoms with Crippen molar-refractivity contribution in [1.82, 2.24) is 25.1 Å². The molecule has 1 aromatic carbocycles. The maximum atomic E-state index is 13.2. The Hall–Kier alpha value is -3.66. The number of halogens is 1. The number of hydrogen-bond donors (Lipinski definition) is 1. The number of fused-ring (bicyclic) bond motifs is 1. The summed E-state index contributed by atoms with van der Waals surface area (Å²) in [6.45, 7) is 1.74. The van der Waals surface area contributed by atoms with Crippen molar-refractivity contribution in [3.8, 4) is 5.69 Å². The predicted molar refractivity (Wildman–Crippen MR) is 112 cm³/mol. The highest BCUT2D eigenvalue weighted by atomic mass is 32.2. The molecule has 0 unspecified atom stereocenters. The molecule has 0 fully saturated rings. The monoisotopic (exact) mass is 439 g/mol. The van der Waals surface area contributed by atoms with Crippen molar-refractivity contribution < 1.29 is 17.6 Å². The zero-order valence-electron chi connectivity index (χ0n) is 16.7. The van der Waals surface area contributed by atoms with Crippen molar-refractivity contribution in [3.05, 3.63) is 78.1 Å². The van der Waals surface area contributed by atoms with Crippen molar-refractivity contribution in [2.45, 2.75) is 18.0 Å².